The SMILES string of the molecule is CC(C)N(CCO)c1ccc([C@H](C)N)nc1. The van der Waals surface area contributed by atoms with Crippen LogP contribution in [0.3, 0.4) is 0 Å². The van der Waals surface area contributed by atoms with Gasteiger partial charge in [0.05, 0.1) is 24.2 Å². The van der Waals surface area contributed by atoms with Gasteiger partial charge in [0.15, 0.2) is 0 Å². The van der Waals surface area contributed by atoms with Crippen molar-refractivity contribution >= 4 is 5.69 Å². The molecular weight excluding hydrogens is 202 g/mol. The summed E-state index contributed by atoms with van der Waals surface area (Å²) in [5.74, 6) is 0. The molecule has 4 heteroatoms. The number of rotatable bonds is 5. The Kier molecular flexibility index (Phi) is 4.71. The third kappa shape index (κ3) is 3.18. The Hall–Kier alpha value is -1.13. The lowest BCUT2D eigenvalue weighted by atomic mass is 10.2. The standard InChI is InChI=1S/C12H21N3O/c1-9(2)15(6-7-16)11-4-5-12(10(3)13)14-8-11/h4-5,8-10,16H,6-7,13H2,1-3H3/t10-/m0/s1. The molecule has 1 aromatic rings. The monoisotopic (exact) mass is 223 g/mol. The van der Waals surface area contributed by atoms with Gasteiger partial charge in [0.2, 0.25) is 0 Å². The smallest absolute Gasteiger partial charge is 0.0606 e. The lowest BCUT2D eigenvalue weighted by molar-refractivity contribution is 0.299. The van der Waals surface area contributed by atoms with Crippen molar-refractivity contribution in [1.82, 2.24) is 4.98 Å². The second kappa shape index (κ2) is 5.82. The molecule has 1 atom stereocenters. The predicted octanol–water partition coefficient (Wildman–Crippen LogP) is 1.31. The highest BCUT2D eigenvalue weighted by Crippen LogP contribution is 2.17. The topological polar surface area (TPSA) is 62.4 Å². The summed E-state index contributed by atoms with van der Waals surface area (Å²) in [6.07, 6.45) is 1.81. The van der Waals surface area contributed by atoms with Crippen molar-refractivity contribution in [1.29, 1.82) is 0 Å². The molecule has 3 N–H and O–H groups in total. The molecule has 90 valence electrons. The third-order valence-corrected chi connectivity index (χ3v) is 2.53. The van der Waals surface area contributed by atoms with Gasteiger partial charge < -0.3 is 15.7 Å². The molecule has 4 nitrogen and oxygen atoms in total. The fourth-order valence-electron chi connectivity index (χ4n) is 1.63. The molecule has 1 rings (SSSR count). The van der Waals surface area contributed by atoms with E-state index in [1.165, 1.54) is 0 Å². The van der Waals surface area contributed by atoms with E-state index in [1.54, 1.807) is 0 Å². The Morgan fingerprint density at radius 3 is 2.44 bits per heavy atom. The van der Waals surface area contributed by atoms with Crippen LogP contribution >= 0.6 is 0 Å². The van der Waals surface area contributed by atoms with Gasteiger partial charge in [-0.05, 0) is 32.9 Å². The van der Waals surface area contributed by atoms with Crippen LogP contribution < -0.4 is 10.6 Å². The largest absolute Gasteiger partial charge is 0.395 e. The molecule has 0 unspecified atom stereocenters. The minimum absolute atomic E-state index is 0.0422. The van der Waals surface area contributed by atoms with E-state index in [0.29, 0.717) is 12.6 Å². The summed E-state index contributed by atoms with van der Waals surface area (Å²) in [4.78, 5) is 6.42. The van der Waals surface area contributed by atoms with E-state index in [1.807, 2.05) is 25.3 Å². The summed E-state index contributed by atoms with van der Waals surface area (Å²) in [5, 5.41) is 9.01. The fraction of sp³-hybridized carbons (Fsp3) is 0.583. The number of aliphatic hydroxyl groups is 1. The Bertz CT molecular complexity index is 309. The molecule has 0 radical (unpaired) electrons. The molecule has 0 bridgehead atoms. The molecule has 0 spiro atoms. The summed E-state index contributed by atoms with van der Waals surface area (Å²) < 4.78 is 0. The Balaban J connectivity index is 2.85. The normalized spacial score (nSPS) is 12.9. The molecule has 0 aliphatic heterocycles. The van der Waals surface area contributed by atoms with E-state index in [4.69, 9.17) is 10.8 Å². The van der Waals surface area contributed by atoms with Crippen LogP contribution in [0.15, 0.2) is 18.3 Å². The highest BCUT2D eigenvalue weighted by atomic mass is 16.3. The van der Waals surface area contributed by atoms with Crippen molar-refractivity contribution in [3.8, 4) is 0 Å². The summed E-state index contributed by atoms with van der Waals surface area (Å²) in [7, 11) is 0. The molecule has 0 amide bonds. The maximum absolute atomic E-state index is 9.01. The molecule has 0 aliphatic carbocycles. The first-order chi connectivity index (χ1) is 7.56. The summed E-state index contributed by atoms with van der Waals surface area (Å²) in [6.45, 7) is 6.87. The van der Waals surface area contributed by atoms with Crippen LogP contribution in [-0.2, 0) is 0 Å². The number of pyridine rings is 1. The number of nitrogens with two attached hydrogens (primary N) is 1. The number of hydrogen-bond donors (Lipinski definition) is 2. The zero-order valence-corrected chi connectivity index (χ0v) is 10.2. The first-order valence-electron chi connectivity index (χ1n) is 5.65. The molecule has 0 saturated carbocycles. The van der Waals surface area contributed by atoms with E-state index in [2.05, 4.69) is 23.7 Å². The molecular formula is C12H21N3O. The minimum Gasteiger partial charge on any atom is -0.395 e. The molecule has 0 saturated heterocycles. The molecule has 0 aliphatic rings. The molecule has 1 aromatic heterocycles. The second-order valence-corrected chi connectivity index (χ2v) is 4.24. The maximum atomic E-state index is 9.01. The predicted molar refractivity (Wildman–Crippen MR) is 66.4 cm³/mol. The van der Waals surface area contributed by atoms with Crippen LogP contribution in [0, 0.1) is 0 Å². The van der Waals surface area contributed by atoms with E-state index in [0.717, 1.165) is 11.4 Å². The van der Waals surface area contributed by atoms with E-state index < -0.39 is 0 Å². The van der Waals surface area contributed by atoms with Crippen molar-refractivity contribution < 1.29 is 5.11 Å². The van der Waals surface area contributed by atoms with Crippen molar-refractivity contribution in [2.75, 3.05) is 18.1 Å². The summed E-state index contributed by atoms with van der Waals surface area (Å²) in [6, 6.07) is 4.24. The Morgan fingerprint density at radius 1 is 1.38 bits per heavy atom. The number of anilines is 1. The number of aliphatic hydroxyl groups excluding tert-OH is 1. The van der Waals surface area contributed by atoms with Crippen LogP contribution in [-0.4, -0.2) is 29.3 Å². The summed E-state index contributed by atoms with van der Waals surface area (Å²) in [5.41, 5.74) is 7.65. The zero-order chi connectivity index (χ0) is 12.1. The van der Waals surface area contributed by atoms with Gasteiger partial charge in [-0.25, -0.2) is 0 Å². The lowest BCUT2D eigenvalue weighted by Gasteiger charge is -2.28. The van der Waals surface area contributed by atoms with Crippen molar-refractivity contribution in [2.45, 2.75) is 32.9 Å². The zero-order valence-electron chi connectivity index (χ0n) is 10.2. The number of hydrogen-bond acceptors (Lipinski definition) is 4. The van der Waals surface area contributed by atoms with Gasteiger partial charge in [0.25, 0.3) is 0 Å². The molecule has 1 heterocycles. The van der Waals surface area contributed by atoms with E-state index >= 15 is 0 Å². The molecule has 0 aromatic carbocycles. The number of nitrogens with zero attached hydrogens (tertiary/aromatic N) is 2. The van der Waals surface area contributed by atoms with Crippen LogP contribution in [0.2, 0.25) is 0 Å². The van der Waals surface area contributed by atoms with Crippen LogP contribution in [0.1, 0.15) is 32.5 Å². The average Bonchev–Trinajstić information content (AvgIpc) is 2.25. The van der Waals surface area contributed by atoms with Crippen LogP contribution in [0.4, 0.5) is 5.69 Å². The first kappa shape index (κ1) is 12.9. The third-order valence-electron chi connectivity index (χ3n) is 2.53. The van der Waals surface area contributed by atoms with Crippen molar-refractivity contribution in [3.05, 3.63) is 24.0 Å². The second-order valence-electron chi connectivity index (χ2n) is 4.24. The highest BCUT2D eigenvalue weighted by Gasteiger charge is 2.10. The first-order valence-corrected chi connectivity index (χ1v) is 5.65. The summed E-state index contributed by atoms with van der Waals surface area (Å²) >= 11 is 0. The van der Waals surface area contributed by atoms with Crippen molar-refractivity contribution in [3.63, 3.8) is 0 Å². The van der Waals surface area contributed by atoms with Crippen LogP contribution in [0.5, 0.6) is 0 Å². The molecule has 0 fully saturated rings. The maximum Gasteiger partial charge on any atom is 0.0606 e. The lowest BCUT2D eigenvalue weighted by Crippen LogP contribution is -2.33. The van der Waals surface area contributed by atoms with Gasteiger partial charge in [-0.1, -0.05) is 0 Å². The van der Waals surface area contributed by atoms with E-state index in [9.17, 15) is 0 Å². The van der Waals surface area contributed by atoms with Crippen LogP contribution in [0.25, 0.3) is 0 Å². The van der Waals surface area contributed by atoms with Gasteiger partial charge in [0, 0.05) is 18.6 Å². The van der Waals surface area contributed by atoms with E-state index in [-0.39, 0.29) is 12.6 Å². The van der Waals surface area contributed by atoms with Gasteiger partial charge >= 0.3 is 0 Å². The average molecular weight is 223 g/mol. The van der Waals surface area contributed by atoms with Crippen molar-refractivity contribution in [2.24, 2.45) is 5.73 Å². The van der Waals surface area contributed by atoms with Gasteiger partial charge in [-0.2, -0.15) is 0 Å². The van der Waals surface area contributed by atoms with Gasteiger partial charge in [-0.15, -0.1) is 0 Å². The fourth-order valence-corrected chi connectivity index (χ4v) is 1.63. The highest BCUT2D eigenvalue weighted by molar-refractivity contribution is 5.45. The quantitative estimate of drug-likeness (QED) is 0.790. The van der Waals surface area contributed by atoms with Gasteiger partial charge in [0.1, 0.15) is 0 Å². The Labute approximate surface area is 97.1 Å². The number of aromatic nitrogens is 1. The van der Waals surface area contributed by atoms with Gasteiger partial charge in [-0.3, -0.25) is 4.98 Å². The minimum atomic E-state index is -0.0422. The molecule has 16 heavy (non-hydrogen) atoms. The Morgan fingerprint density at radius 2 is 2.06 bits per heavy atom.